The molecule has 31 heavy (non-hydrogen) atoms. The van der Waals surface area contributed by atoms with Gasteiger partial charge in [0.2, 0.25) is 5.91 Å². The Morgan fingerprint density at radius 2 is 1.48 bits per heavy atom. The van der Waals surface area contributed by atoms with Gasteiger partial charge in [-0.25, -0.2) is 4.98 Å². The third kappa shape index (κ3) is 3.26. The van der Waals surface area contributed by atoms with E-state index in [0.717, 1.165) is 16.2 Å². The first-order chi connectivity index (χ1) is 15.1. The SMILES string of the molecule is O=C1c2ccccc2C(=O)N1CC(=O)N(Cc1cnc2ccccn12)c1ccccc1. The van der Waals surface area contributed by atoms with E-state index in [1.807, 2.05) is 59.1 Å². The monoisotopic (exact) mass is 410 g/mol. The van der Waals surface area contributed by atoms with E-state index in [2.05, 4.69) is 4.98 Å². The number of imide groups is 1. The number of carbonyl (C=O) groups is 3. The molecule has 0 unspecified atom stereocenters. The zero-order chi connectivity index (χ0) is 21.4. The van der Waals surface area contributed by atoms with Crippen LogP contribution in [0, 0.1) is 0 Å². The summed E-state index contributed by atoms with van der Waals surface area (Å²) in [4.78, 5) is 45.7. The minimum atomic E-state index is -0.447. The highest BCUT2D eigenvalue weighted by atomic mass is 16.2. The number of pyridine rings is 1. The van der Waals surface area contributed by atoms with Crippen LogP contribution in [0.25, 0.3) is 5.65 Å². The molecule has 152 valence electrons. The molecule has 0 fully saturated rings. The number of hydrogen-bond acceptors (Lipinski definition) is 4. The van der Waals surface area contributed by atoms with E-state index in [4.69, 9.17) is 0 Å². The standard InChI is InChI=1S/C24H18N4O3/c29-22(16-28-23(30)19-10-4-5-11-20(19)24(28)31)27(17-8-2-1-3-9-17)15-18-14-25-21-12-6-7-13-26(18)21/h1-14H,15-16H2. The highest BCUT2D eigenvalue weighted by Gasteiger charge is 2.37. The first-order valence-corrected chi connectivity index (χ1v) is 9.85. The summed E-state index contributed by atoms with van der Waals surface area (Å²) < 4.78 is 1.91. The number of rotatable bonds is 5. The maximum Gasteiger partial charge on any atom is 0.262 e. The first kappa shape index (κ1) is 18.7. The Kier molecular flexibility index (Phi) is 4.55. The van der Waals surface area contributed by atoms with Crippen molar-refractivity contribution in [2.45, 2.75) is 6.54 Å². The van der Waals surface area contributed by atoms with Crippen molar-refractivity contribution in [2.24, 2.45) is 0 Å². The van der Waals surface area contributed by atoms with Crippen molar-refractivity contribution < 1.29 is 14.4 Å². The average molecular weight is 410 g/mol. The van der Waals surface area contributed by atoms with Gasteiger partial charge in [0.05, 0.1) is 29.6 Å². The number of fused-ring (bicyclic) bond motifs is 2. The van der Waals surface area contributed by atoms with Gasteiger partial charge in [-0.05, 0) is 36.4 Å². The molecule has 0 aliphatic carbocycles. The second-order valence-corrected chi connectivity index (χ2v) is 7.24. The van der Waals surface area contributed by atoms with Crippen molar-refractivity contribution >= 4 is 29.1 Å². The number of aromatic nitrogens is 2. The highest BCUT2D eigenvalue weighted by molar-refractivity contribution is 6.22. The molecule has 0 radical (unpaired) electrons. The fourth-order valence-corrected chi connectivity index (χ4v) is 3.80. The second-order valence-electron chi connectivity index (χ2n) is 7.24. The topological polar surface area (TPSA) is 75.0 Å². The van der Waals surface area contributed by atoms with Crippen molar-refractivity contribution in [3.05, 3.63) is 102 Å². The predicted octanol–water partition coefficient (Wildman–Crippen LogP) is 3.16. The number of para-hydroxylation sites is 1. The number of benzene rings is 2. The second kappa shape index (κ2) is 7.53. The first-order valence-electron chi connectivity index (χ1n) is 9.85. The van der Waals surface area contributed by atoms with Gasteiger partial charge >= 0.3 is 0 Å². The van der Waals surface area contributed by atoms with Gasteiger partial charge in [0.15, 0.2) is 0 Å². The minimum absolute atomic E-state index is 0.247. The van der Waals surface area contributed by atoms with Crippen molar-refractivity contribution in [3.8, 4) is 0 Å². The lowest BCUT2D eigenvalue weighted by Gasteiger charge is -2.25. The highest BCUT2D eigenvalue weighted by Crippen LogP contribution is 2.24. The molecule has 0 spiro atoms. The van der Waals surface area contributed by atoms with Crippen LogP contribution in [0.5, 0.6) is 0 Å². The van der Waals surface area contributed by atoms with E-state index in [-0.39, 0.29) is 19.0 Å². The van der Waals surface area contributed by atoms with E-state index < -0.39 is 11.8 Å². The Morgan fingerprint density at radius 1 is 0.839 bits per heavy atom. The van der Waals surface area contributed by atoms with E-state index in [9.17, 15) is 14.4 Å². The van der Waals surface area contributed by atoms with Crippen LogP contribution in [0.2, 0.25) is 0 Å². The van der Waals surface area contributed by atoms with Crippen molar-refractivity contribution in [2.75, 3.05) is 11.4 Å². The molecule has 0 atom stereocenters. The maximum atomic E-state index is 13.4. The molecule has 7 nitrogen and oxygen atoms in total. The average Bonchev–Trinajstić information content (AvgIpc) is 3.33. The van der Waals surface area contributed by atoms with Crippen LogP contribution in [0.4, 0.5) is 5.69 Å². The molecule has 1 aliphatic heterocycles. The number of imidazole rings is 1. The Labute approximate surface area is 178 Å². The minimum Gasteiger partial charge on any atom is -0.305 e. The molecule has 1 aliphatic rings. The zero-order valence-electron chi connectivity index (χ0n) is 16.5. The molecule has 2 aromatic heterocycles. The fourth-order valence-electron chi connectivity index (χ4n) is 3.80. The third-order valence-electron chi connectivity index (χ3n) is 5.35. The quantitative estimate of drug-likeness (QED) is 0.474. The molecular formula is C24H18N4O3. The van der Waals surface area contributed by atoms with Gasteiger partial charge < -0.3 is 9.30 Å². The largest absolute Gasteiger partial charge is 0.305 e. The summed E-state index contributed by atoms with van der Waals surface area (Å²) in [6, 6.07) is 21.5. The lowest BCUT2D eigenvalue weighted by Crippen LogP contribution is -2.42. The van der Waals surface area contributed by atoms with Crippen LogP contribution in [0.15, 0.2) is 85.2 Å². The smallest absolute Gasteiger partial charge is 0.262 e. The van der Waals surface area contributed by atoms with Gasteiger partial charge in [-0.3, -0.25) is 19.3 Å². The van der Waals surface area contributed by atoms with E-state index in [1.165, 1.54) is 0 Å². The molecule has 3 amide bonds. The maximum absolute atomic E-state index is 13.4. The zero-order valence-corrected chi connectivity index (χ0v) is 16.5. The summed E-state index contributed by atoms with van der Waals surface area (Å²) in [5.41, 5.74) is 2.92. The number of amides is 3. The van der Waals surface area contributed by atoms with Crippen molar-refractivity contribution in [1.29, 1.82) is 0 Å². The van der Waals surface area contributed by atoms with Gasteiger partial charge in [0, 0.05) is 11.9 Å². The summed E-state index contributed by atoms with van der Waals surface area (Å²) in [6.07, 6.45) is 3.61. The number of carbonyl (C=O) groups excluding carboxylic acids is 3. The summed E-state index contributed by atoms with van der Waals surface area (Å²) in [6.45, 7) is -0.0881. The van der Waals surface area contributed by atoms with Gasteiger partial charge in [-0.2, -0.15) is 0 Å². The molecule has 5 rings (SSSR count). The van der Waals surface area contributed by atoms with E-state index >= 15 is 0 Å². The van der Waals surface area contributed by atoms with Crippen LogP contribution >= 0.6 is 0 Å². The van der Waals surface area contributed by atoms with Crippen LogP contribution in [-0.2, 0) is 11.3 Å². The Hall–Kier alpha value is -4.26. The number of nitrogens with zero attached hydrogens (tertiary/aromatic N) is 4. The molecule has 0 saturated heterocycles. The molecule has 3 heterocycles. The molecule has 4 aromatic rings. The van der Waals surface area contributed by atoms with Crippen molar-refractivity contribution in [1.82, 2.24) is 14.3 Å². The van der Waals surface area contributed by atoms with Crippen molar-refractivity contribution in [3.63, 3.8) is 0 Å². The summed E-state index contributed by atoms with van der Waals surface area (Å²) in [7, 11) is 0. The van der Waals surface area contributed by atoms with E-state index in [0.29, 0.717) is 16.8 Å². The van der Waals surface area contributed by atoms with Crippen LogP contribution in [0.3, 0.4) is 0 Å². The Morgan fingerprint density at radius 3 is 2.19 bits per heavy atom. The number of hydrogen-bond donors (Lipinski definition) is 0. The molecule has 0 N–H and O–H groups in total. The summed E-state index contributed by atoms with van der Waals surface area (Å²) >= 11 is 0. The predicted molar refractivity (Wildman–Crippen MR) is 115 cm³/mol. The van der Waals surface area contributed by atoms with Gasteiger partial charge in [-0.1, -0.05) is 36.4 Å². The lowest BCUT2D eigenvalue weighted by atomic mass is 10.1. The van der Waals surface area contributed by atoms with Crippen LogP contribution < -0.4 is 4.90 Å². The Bertz CT molecular complexity index is 1280. The normalized spacial score (nSPS) is 13.0. The fraction of sp³-hybridized carbons (Fsp3) is 0.0833. The van der Waals surface area contributed by atoms with Gasteiger partial charge in [0.1, 0.15) is 12.2 Å². The van der Waals surface area contributed by atoms with Crippen LogP contribution in [-0.4, -0.2) is 38.6 Å². The van der Waals surface area contributed by atoms with Gasteiger partial charge in [-0.15, -0.1) is 0 Å². The summed E-state index contributed by atoms with van der Waals surface area (Å²) in [5, 5.41) is 0. The third-order valence-corrected chi connectivity index (χ3v) is 5.35. The molecular weight excluding hydrogens is 392 g/mol. The number of anilines is 1. The Balaban J connectivity index is 1.45. The molecule has 0 bridgehead atoms. The van der Waals surface area contributed by atoms with E-state index in [1.54, 1.807) is 35.4 Å². The molecule has 2 aromatic carbocycles. The van der Waals surface area contributed by atoms with Crippen LogP contribution in [0.1, 0.15) is 26.4 Å². The lowest BCUT2D eigenvalue weighted by molar-refractivity contribution is -0.119. The molecule has 0 saturated carbocycles. The molecule has 7 heteroatoms. The van der Waals surface area contributed by atoms with Gasteiger partial charge in [0.25, 0.3) is 11.8 Å². The summed E-state index contributed by atoms with van der Waals surface area (Å²) in [5.74, 6) is -1.25.